The number of aromatic nitrogens is 2. The predicted octanol–water partition coefficient (Wildman–Crippen LogP) is 2.23. The van der Waals surface area contributed by atoms with Crippen molar-refractivity contribution in [3.8, 4) is 0 Å². The molecule has 23 heavy (non-hydrogen) atoms. The van der Waals surface area contributed by atoms with Crippen molar-refractivity contribution in [2.45, 2.75) is 27.7 Å². The van der Waals surface area contributed by atoms with E-state index >= 15 is 0 Å². The monoisotopic (exact) mass is 319 g/mol. The van der Waals surface area contributed by atoms with Gasteiger partial charge >= 0.3 is 5.97 Å². The van der Waals surface area contributed by atoms with Crippen molar-refractivity contribution in [3.05, 3.63) is 34.9 Å². The molecule has 6 nitrogen and oxygen atoms in total. The van der Waals surface area contributed by atoms with E-state index in [1.807, 2.05) is 0 Å². The lowest BCUT2D eigenvalue weighted by atomic mass is 9.94. The van der Waals surface area contributed by atoms with Crippen LogP contribution in [0.15, 0.2) is 12.1 Å². The number of nitrogens with zero attached hydrogens (tertiary/aromatic N) is 2. The summed E-state index contributed by atoms with van der Waals surface area (Å²) in [4.78, 5) is 32.0. The van der Waals surface area contributed by atoms with Crippen molar-refractivity contribution in [2.75, 3.05) is 6.54 Å². The Labute approximate surface area is 132 Å². The van der Waals surface area contributed by atoms with Crippen LogP contribution in [0.25, 0.3) is 11.0 Å². The summed E-state index contributed by atoms with van der Waals surface area (Å²) >= 11 is 0. The Bertz CT molecular complexity index is 803. The van der Waals surface area contributed by atoms with E-state index in [9.17, 15) is 14.0 Å². The number of carbonyl (C=O) groups excluding carboxylic acids is 1. The molecule has 0 bridgehead atoms. The van der Waals surface area contributed by atoms with E-state index in [0.29, 0.717) is 16.9 Å². The molecule has 0 spiro atoms. The second kappa shape index (κ2) is 5.91. The molecule has 1 heterocycles. The maximum Gasteiger partial charge on any atom is 0.310 e. The molecule has 0 saturated heterocycles. The van der Waals surface area contributed by atoms with E-state index in [-0.39, 0.29) is 17.6 Å². The molecule has 0 aliphatic heterocycles. The van der Waals surface area contributed by atoms with Gasteiger partial charge in [-0.15, -0.1) is 0 Å². The van der Waals surface area contributed by atoms with Crippen molar-refractivity contribution in [1.29, 1.82) is 0 Å². The van der Waals surface area contributed by atoms with Crippen LogP contribution in [0.5, 0.6) is 0 Å². The Morgan fingerprint density at radius 3 is 2.43 bits per heavy atom. The van der Waals surface area contributed by atoms with Crippen LogP contribution in [0.2, 0.25) is 0 Å². The molecule has 122 valence electrons. The van der Waals surface area contributed by atoms with Gasteiger partial charge in [-0.25, -0.2) is 14.4 Å². The molecule has 0 saturated carbocycles. The third-order valence-electron chi connectivity index (χ3n) is 3.66. The van der Waals surface area contributed by atoms with Gasteiger partial charge in [0.15, 0.2) is 0 Å². The topological polar surface area (TPSA) is 92.2 Å². The molecule has 1 amide bonds. The predicted molar refractivity (Wildman–Crippen MR) is 82.7 cm³/mol. The van der Waals surface area contributed by atoms with Gasteiger partial charge in [0.2, 0.25) is 0 Å². The molecule has 0 atom stereocenters. The summed E-state index contributed by atoms with van der Waals surface area (Å²) in [5.41, 5.74) is 0.787. The van der Waals surface area contributed by atoms with Gasteiger partial charge in [-0.05, 0) is 33.8 Å². The van der Waals surface area contributed by atoms with Crippen molar-refractivity contribution in [1.82, 2.24) is 15.3 Å². The van der Waals surface area contributed by atoms with Crippen LogP contribution in [0.3, 0.4) is 0 Å². The molecule has 0 aliphatic carbocycles. The molecule has 0 radical (unpaired) electrons. The fourth-order valence-electron chi connectivity index (χ4n) is 1.94. The number of hydrogen-bond donors (Lipinski definition) is 2. The summed E-state index contributed by atoms with van der Waals surface area (Å²) in [5, 5.41) is 11.6. The van der Waals surface area contributed by atoms with Gasteiger partial charge in [-0.1, -0.05) is 0 Å². The molecule has 0 fully saturated rings. The average molecular weight is 319 g/mol. The van der Waals surface area contributed by atoms with E-state index in [2.05, 4.69) is 15.3 Å². The Hall–Kier alpha value is -2.57. The van der Waals surface area contributed by atoms with E-state index in [1.54, 1.807) is 13.8 Å². The maximum absolute atomic E-state index is 13.8. The summed E-state index contributed by atoms with van der Waals surface area (Å²) in [6.07, 6.45) is 0. The highest BCUT2D eigenvalue weighted by Gasteiger charge is 2.28. The average Bonchev–Trinajstić information content (AvgIpc) is 2.45. The summed E-state index contributed by atoms with van der Waals surface area (Å²) in [6, 6.07) is 2.29. The normalized spacial score (nSPS) is 11.5. The van der Waals surface area contributed by atoms with Crippen molar-refractivity contribution in [3.63, 3.8) is 0 Å². The quantitative estimate of drug-likeness (QED) is 0.901. The van der Waals surface area contributed by atoms with Gasteiger partial charge in [0.1, 0.15) is 11.3 Å². The first-order valence-electron chi connectivity index (χ1n) is 7.08. The maximum atomic E-state index is 13.8. The standard InChI is InChI=1S/C16H18FN3O3/c1-8-9(2)20-13-11(5-10(17)6-12(13)19-8)14(21)18-7-16(3,4)15(22)23/h5-6H,7H2,1-4H3,(H,18,21)(H,22,23). The highest BCUT2D eigenvalue weighted by Crippen LogP contribution is 2.20. The van der Waals surface area contributed by atoms with E-state index in [0.717, 1.165) is 6.07 Å². The number of aryl methyl sites for hydroxylation is 2. The minimum atomic E-state index is -1.13. The fourth-order valence-corrected chi connectivity index (χ4v) is 1.94. The van der Waals surface area contributed by atoms with E-state index < -0.39 is 23.1 Å². The van der Waals surface area contributed by atoms with Gasteiger partial charge in [-0.2, -0.15) is 0 Å². The zero-order valence-electron chi connectivity index (χ0n) is 13.4. The number of rotatable bonds is 4. The molecule has 1 aromatic carbocycles. The first-order valence-corrected chi connectivity index (χ1v) is 7.08. The summed E-state index contributed by atoms with van der Waals surface area (Å²) in [7, 11) is 0. The van der Waals surface area contributed by atoms with Crippen molar-refractivity contribution < 1.29 is 19.1 Å². The summed E-state index contributed by atoms with van der Waals surface area (Å²) < 4.78 is 13.8. The number of amides is 1. The molecule has 7 heteroatoms. The lowest BCUT2D eigenvalue weighted by Gasteiger charge is -2.19. The first-order chi connectivity index (χ1) is 10.6. The zero-order chi connectivity index (χ0) is 17.4. The van der Waals surface area contributed by atoms with Gasteiger partial charge in [0, 0.05) is 12.6 Å². The molecular formula is C16H18FN3O3. The Morgan fingerprint density at radius 2 is 1.83 bits per heavy atom. The second-order valence-corrected chi connectivity index (χ2v) is 6.09. The van der Waals surface area contributed by atoms with Gasteiger partial charge in [0.05, 0.1) is 27.9 Å². The largest absolute Gasteiger partial charge is 0.481 e. The summed E-state index contributed by atoms with van der Waals surface area (Å²) in [6.45, 7) is 6.40. The molecule has 1 aromatic heterocycles. The van der Waals surface area contributed by atoms with E-state index in [1.165, 1.54) is 19.9 Å². The molecule has 0 aliphatic rings. The van der Waals surface area contributed by atoms with Crippen LogP contribution >= 0.6 is 0 Å². The number of benzene rings is 1. The van der Waals surface area contributed by atoms with Crippen LogP contribution in [-0.2, 0) is 4.79 Å². The van der Waals surface area contributed by atoms with Crippen LogP contribution < -0.4 is 5.32 Å². The van der Waals surface area contributed by atoms with Gasteiger partial charge in [-0.3, -0.25) is 9.59 Å². The number of nitrogens with one attached hydrogen (secondary N) is 1. The lowest BCUT2D eigenvalue weighted by Crippen LogP contribution is -2.39. The fraction of sp³-hybridized carbons (Fsp3) is 0.375. The molecule has 2 aromatic rings. The molecule has 2 N–H and O–H groups in total. The number of aliphatic carboxylic acids is 1. The zero-order valence-corrected chi connectivity index (χ0v) is 13.4. The third kappa shape index (κ3) is 3.44. The highest BCUT2D eigenvalue weighted by atomic mass is 19.1. The number of carboxylic acid groups (broad SMARTS) is 1. The number of carboxylic acids is 1. The van der Waals surface area contributed by atoms with Crippen molar-refractivity contribution in [2.24, 2.45) is 5.41 Å². The number of halogens is 1. The molecule has 2 rings (SSSR count). The number of carbonyl (C=O) groups is 2. The van der Waals surface area contributed by atoms with Gasteiger partial charge in [0.25, 0.3) is 5.91 Å². The molecular weight excluding hydrogens is 301 g/mol. The Kier molecular flexibility index (Phi) is 4.31. The van der Waals surface area contributed by atoms with Gasteiger partial charge < -0.3 is 10.4 Å². The highest BCUT2D eigenvalue weighted by molar-refractivity contribution is 6.04. The minimum absolute atomic E-state index is 0.0387. The van der Waals surface area contributed by atoms with Crippen LogP contribution in [0, 0.1) is 25.1 Å². The SMILES string of the molecule is Cc1nc2cc(F)cc(C(=O)NCC(C)(C)C(=O)O)c2nc1C. The third-order valence-corrected chi connectivity index (χ3v) is 3.66. The van der Waals surface area contributed by atoms with Crippen LogP contribution in [0.1, 0.15) is 35.6 Å². The van der Waals surface area contributed by atoms with Crippen molar-refractivity contribution >= 4 is 22.9 Å². The number of fused-ring (bicyclic) bond motifs is 1. The Balaban J connectivity index is 2.40. The van der Waals surface area contributed by atoms with Crippen LogP contribution in [0.4, 0.5) is 4.39 Å². The smallest absolute Gasteiger partial charge is 0.310 e. The van der Waals surface area contributed by atoms with E-state index in [4.69, 9.17) is 5.11 Å². The van der Waals surface area contributed by atoms with Crippen LogP contribution in [-0.4, -0.2) is 33.5 Å². The molecule has 0 unspecified atom stereocenters. The first kappa shape index (κ1) is 16.8. The lowest BCUT2D eigenvalue weighted by molar-refractivity contribution is -0.146. The summed E-state index contributed by atoms with van der Waals surface area (Å²) in [5.74, 6) is -2.22. The Morgan fingerprint density at radius 1 is 1.22 bits per heavy atom. The number of hydrogen-bond acceptors (Lipinski definition) is 4. The second-order valence-electron chi connectivity index (χ2n) is 6.09. The minimum Gasteiger partial charge on any atom is -0.481 e.